The van der Waals surface area contributed by atoms with E-state index in [0.29, 0.717) is 6.42 Å². The van der Waals surface area contributed by atoms with Crippen molar-refractivity contribution in [1.82, 2.24) is 0 Å². The molecular weight excluding hydrogens is 760 g/mol. The first-order valence-corrected chi connectivity index (χ1v) is 25.6. The minimum Gasteiger partial charge on any atom is -0.462 e. The summed E-state index contributed by atoms with van der Waals surface area (Å²) >= 11 is 0. The van der Waals surface area contributed by atoms with Crippen molar-refractivity contribution in [2.75, 3.05) is 19.8 Å². The van der Waals surface area contributed by atoms with E-state index in [4.69, 9.17) is 18.5 Å². The molecule has 59 heavy (non-hydrogen) atoms. The number of carbonyl (C=O) groups is 2. The van der Waals surface area contributed by atoms with Gasteiger partial charge in [-0.1, -0.05) is 184 Å². The molecule has 0 rings (SSSR count). The second kappa shape index (κ2) is 45.3. The normalized spacial score (nSPS) is 13.8. The van der Waals surface area contributed by atoms with Crippen LogP contribution in [-0.4, -0.2) is 42.8 Å². The molecule has 0 saturated heterocycles. The fraction of sp³-hybridized carbons (Fsp3) is 0.760. The van der Waals surface area contributed by atoms with Crippen molar-refractivity contribution < 1.29 is 37.6 Å². The molecule has 2 atom stereocenters. The maximum absolute atomic E-state index is 12.6. The van der Waals surface area contributed by atoms with Crippen LogP contribution in [0.2, 0.25) is 0 Å². The molecule has 0 aromatic heterocycles. The summed E-state index contributed by atoms with van der Waals surface area (Å²) in [4.78, 5) is 34.9. The van der Waals surface area contributed by atoms with Crippen LogP contribution in [0.4, 0.5) is 0 Å². The maximum atomic E-state index is 12.6. The summed E-state index contributed by atoms with van der Waals surface area (Å²) in [5.74, 6) is -0.810. The molecule has 0 aliphatic rings. The van der Waals surface area contributed by atoms with Gasteiger partial charge in [0.2, 0.25) is 0 Å². The summed E-state index contributed by atoms with van der Waals surface area (Å²) < 4.78 is 32.7. The zero-order chi connectivity index (χ0) is 43.2. The molecule has 0 amide bonds. The number of hydrogen-bond acceptors (Lipinski definition) is 7. The Morgan fingerprint density at radius 3 is 1.32 bits per heavy atom. The van der Waals surface area contributed by atoms with Gasteiger partial charge in [-0.2, -0.15) is 0 Å². The van der Waals surface area contributed by atoms with Crippen LogP contribution < -0.4 is 0 Å². The fourth-order valence-electron chi connectivity index (χ4n) is 6.56. The number of phosphoric ester groups is 1. The van der Waals surface area contributed by atoms with Crippen molar-refractivity contribution >= 4 is 19.8 Å². The van der Waals surface area contributed by atoms with Crippen molar-refractivity contribution in [3.8, 4) is 0 Å². The van der Waals surface area contributed by atoms with Gasteiger partial charge in [0, 0.05) is 12.8 Å². The van der Waals surface area contributed by atoms with E-state index >= 15 is 0 Å². The molecule has 0 heterocycles. The van der Waals surface area contributed by atoms with Crippen molar-refractivity contribution in [3.05, 3.63) is 60.8 Å². The summed E-state index contributed by atoms with van der Waals surface area (Å²) in [6.07, 6.45) is 55.6. The first kappa shape index (κ1) is 56.8. The topological polar surface area (TPSA) is 108 Å². The molecular formula is C50H89O8P. The minimum absolute atomic E-state index is 0.00397. The second-order valence-electron chi connectivity index (χ2n) is 15.7. The number of unbranched alkanes of at least 4 members (excludes halogenated alkanes) is 22. The summed E-state index contributed by atoms with van der Waals surface area (Å²) in [5.41, 5.74) is 0. The zero-order valence-corrected chi connectivity index (χ0v) is 39.0. The van der Waals surface area contributed by atoms with E-state index in [0.717, 1.165) is 70.6 Å². The van der Waals surface area contributed by atoms with Crippen LogP contribution in [0, 0.1) is 0 Å². The quantitative estimate of drug-likeness (QED) is 0.0279. The first-order chi connectivity index (χ1) is 28.8. The lowest BCUT2D eigenvalue weighted by molar-refractivity contribution is -0.161. The van der Waals surface area contributed by atoms with Crippen LogP contribution in [0.5, 0.6) is 0 Å². The van der Waals surface area contributed by atoms with Gasteiger partial charge < -0.3 is 14.4 Å². The van der Waals surface area contributed by atoms with Gasteiger partial charge in [0.15, 0.2) is 6.10 Å². The summed E-state index contributed by atoms with van der Waals surface area (Å²) in [6.45, 7) is 5.36. The number of esters is 2. The molecule has 0 saturated carbocycles. The van der Waals surface area contributed by atoms with E-state index in [2.05, 4.69) is 74.6 Å². The van der Waals surface area contributed by atoms with Crippen molar-refractivity contribution in [1.29, 1.82) is 0 Å². The number of phosphoric acid groups is 1. The largest absolute Gasteiger partial charge is 0.472 e. The molecule has 0 aliphatic heterocycles. The van der Waals surface area contributed by atoms with Crippen molar-refractivity contribution in [2.45, 2.75) is 226 Å². The van der Waals surface area contributed by atoms with Gasteiger partial charge in [-0.15, -0.1) is 0 Å². The molecule has 0 bridgehead atoms. The highest BCUT2D eigenvalue weighted by Gasteiger charge is 2.25. The van der Waals surface area contributed by atoms with E-state index in [1.807, 2.05) is 0 Å². The molecule has 0 radical (unpaired) electrons. The Morgan fingerprint density at radius 1 is 0.475 bits per heavy atom. The predicted molar refractivity (Wildman–Crippen MR) is 248 cm³/mol. The average Bonchev–Trinajstić information content (AvgIpc) is 3.22. The van der Waals surface area contributed by atoms with E-state index in [9.17, 15) is 19.0 Å². The maximum Gasteiger partial charge on any atom is 0.472 e. The predicted octanol–water partition coefficient (Wildman–Crippen LogP) is 15.5. The van der Waals surface area contributed by atoms with Gasteiger partial charge in [-0.3, -0.25) is 18.6 Å². The van der Waals surface area contributed by atoms with Crippen LogP contribution in [0.25, 0.3) is 0 Å². The van der Waals surface area contributed by atoms with Gasteiger partial charge in [0.1, 0.15) is 6.61 Å². The summed E-state index contributed by atoms with van der Waals surface area (Å²) in [5, 5.41) is 0. The third kappa shape index (κ3) is 45.1. The average molecular weight is 849 g/mol. The third-order valence-electron chi connectivity index (χ3n) is 10.1. The standard InChI is InChI=1S/C50H89O8P/c1-4-7-9-11-13-15-17-19-21-23-25-26-27-29-31-33-35-37-39-41-43-45-50(52)58-48(47-57-59(53,54)56-6-3)46-55-49(51)44-42-40-38-36-34-32-30-28-24-22-20-18-16-14-12-10-8-5-2/h7,9,13,15,19,21-22,24-26,48H,4-6,8,10-12,14,16-18,20,23,27-47H2,1-3H3,(H,53,54)/b9-7-,15-13-,21-19-,24-22-,26-25-. The smallest absolute Gasteiger partial charge is 0.462 e. The monoisotopic (exact) mass is 849 g/mol. The summed E-state index contributed by atoms with van der Waals surface area (Å²) in [7, 11) is -4.29. The Balaban J connectivity index is 4.05. The molecule has 2 unspecified atom stereocenters. The number of allylic oxidation sites excluding steroid dienone is 10. The molecule has 0 aromatic carbocycles. The summed E-state index contributed by atoms with van der Waals surface area (Å²) in [6, 6.07) is 0. The molecule has 8 nitrogen and oxygen atoms in total. The van der Waals surface area contributed by atoms with Gasteiger partial charge >= 0.3 is 19.8 Å². The van der Waals surface area contributed by atoms with Crippen LogP contribution in [-0.2, 0) is 32.7 Å². The first-order valence-electron chi connectivity index (χ1n) is 24.1. The molecule has 0 fully saturated rings. The molecule has 342 valence electrons. The molecule has 0 aliphatic carbocycles. The highest BCUT2D eigenvalue weighted by Crippen LogP contribution is 2.43. The Hall–Kier alpha value is -2.25. The lowest BCUT2D eigenvalue weighted by Crippen LogP contribution is -2.29. The lowest BCUT2D eigenvalue weighted by Gasteiger charge is -2.19. The molecule has 1 N–H and O–H groups in total. The van der Waals surface area contributed by atoms with Gasteiger partial charge in [-0.25, -0.2) is 4.57 Å². The Bertz CT molecular complexity index is 1140. The van der Waals surface area contributed by atoms with E-state index in [1.54, 1.807) is 6.92 Å². The third-order valence-corrected chi connectivity index (χ3v) is 11.1. The Kier molecular flexibility index (Phi) is 43.6. The number of ether oxygens (including phenoxy) is 2. The minimum atomic E-state index is -4.29. The zero-order valence-electron chi connectivity index (χ0n) is 38.1. The molecule has 0 aromatic rings. The van der Waals surface area contributed by atoms with Crippen molar-refractivity contribution in [2.24, 2.45) is 0 Å². The molecule has 9 heteroatoms. The van der Waals surface area contributed by atoms with Crippen molar-refractivity contribution in [3.63, 3.8) is 0 Å². The SMILES string of the molecule is CC/C=C\C/C=C\C/C=C\C/C=C\CCCCCCCCCCC(=O)OC(COC(=O)CCCCCCCCC/C=C\CCCCCCCCC)COP(=O)(O)OCC. The number of hydrogen-bond donors (Lipinski definition) is 1. The van der Waals surface area contributed by atoms with E-state index in [1.165, 1.54) is 109 Å². The lowest BCUT2D eigenvalue weighted by atomic mass is 10.1. The van der Waals surface area contributed by atoms with E-state index < -0.39 is 26.5 Å². The van der Waals surface area contributed by atoms with Crippen LogP contribution in [0.1, 0.15) is 220 Å². The highest BCUT2D eigenvalue weighted by atomic mass is 31.2. The van der Waals surface area contributed by atoms with Crippen LogP contribution >= 0.6 is 7.82 Å². The van der Waals surface area contributed by atoms with Gasteiger partial charge in [0.25, 0.3) is 0 Å². The van der Waals surface area contributed by atoms with E-state index in [-0.39, 0.29) is 32.0 Å². The highest BCUT2D eigenvalue weighted by molar-refractivity contribution is 7.47. The number of carbonyl (C=O) groups excluding carboxylic acids is 2. The fourth-order valence-corrected chi connectivity index (χ4v) is 7.31. The second-order valence-corrected chi connectivity index (χ2v) is 17.2. The van der Waals surface area contributed by atoms with Gasteiger partial charge in [-0.05, 0) is 84.0 Å². The number of rotatable bonds is 44. The van der Waals surface area contributed by atoms with Crippen LogP contribution in [0.15, 0.2) is 60.8 Å². The Morgan fingerprint density at radius 2 is 0.864 bits per heavy atom. The van der Waals surface area contributed by atoms with Crippen LogP contribution in [0.3, 0.4) is 0 Å². The molecule has 0 spiro atoms. The van der Waals surface area contributed by atoms with Gasteiger partial charge in [0.05, 0.1) is 13.2 Å². The Labute approximate surface area is 362 Å².